The van der Waals surface area contributed by atoms with E-state index < -0.39 is 0 Å². The molecule has 0 aromatic heterocycles. The van der Waals surface area contributed by atoms with E-state index >= 15 is 0 Å². The molecule has 2 heterocycles. The van der Waals surface area contributed by atoms with E-state index in [0.717, 1.165) is 19.7 Å². The third kappa shape index (κ3) is 1.97. The Morgan fingerprint density at radius 3 is 2.75 bits per heavy atom. The molecule has 2 rings (SSSR count). The lowest BCUT2D eigenvalue weighted by Gasteiger charge is -2.28. The van der Waals surface area contributed by atoms with Gasteiger partial charge in [0, 0.05) is 13.1 Å². The fourth-order valence-corrected chi connectivity index (χ4v) is 1.63. The molecule has 0 spiro atoms. The third-order valence-electron chi connectivity index (χ3n) is 2.58. The summed E-state index contributed by atoms with van der Waals surface area (Å²) < 4.78 is 11.3. The smallest absolute Gasteiger partial charge is 0.0824 e. The highest BCUT2D eigenvalue weighted by Gasteiger charge is 2.24. The van der Waals surface area contributed by atoms with Gasteiger partial charge in [-0.1, -0.05) is 0 Å². The average molecular weight is 171 g/mol. The Kier molecular flexibility index (Phi) is 2.63. The first-order valence-electron chi connectivity index (χ1n) is 4.82. The van der Waals surface area contributed by atoms with Gasteiger partial charge in [0.05, 0.1) is 24.9 Å². The molecule has 2 unspecified atom stereocenters. The lowest BCUT2D eigenvalue weighted by molar-refractivity contribution is -0.0515. The number of nitrogens with one attached hydrogen (secondary N) is 1. The highest BCUT2D eigenvalue weighted by Crippen LogP contribution is 2.19. The van der Waals surface area contributed by atoms with Gasteiger partial charge in [-0.2, -0.15) is 0 Å². The zero-order valence-corrected chi connectivity index (χ0v) is 7.58. The highest BCUT2D eigenvalue weighted by molar-refractivity contribution is 4.77. The summed E-state index contributed by atoms with van der Waals surface area (Å²) in [4.78, 5) is 0. The van der Waals surface area contributed by atoms with Crippen molar-refractivity contribution in [2.45, 2.75) is 38.1 Å². The maximum Gasteiger partial charge on any atom is 0.0824 e. The van der Waals surface area contributed by atoms with Gasteiger partial charge in [-0.25, -0.2) is 0 Å². The van der Waals surface area contributed by atoms with E-state index in [1.165, 1.54) is 12.8 Å². The van der Waals surface area contributed by atoms with Gasteiger partial charge in [0.1, 0.15) is 0 Å². The molecule has 0 aliphatic carbocycles. The molecule has 12 heavy (non-hydrogen) atoms. The van der Waals surface area contributed by atoms with Crippen molar-refractivity contribution in [3.63, 3.8) is 0 Å². The minimum Gasteiger partial charge on any atom is -0.373 e. The van der Waals surface area contributed by atoms with Gasteiger partial charge < -0.3 is 14.8 Å². The van der Waals surface area contributed by atoms with E-state index in [9.17, 15) is 0 Å². The number of hydrogen-bond acceptors (Lipinski definition) is 3. The molecule has 2 atom stereocenters. The second-order valence-electron chi connectivity index (χ2n) is 3.76. The zero-order valence-electron chi connectivity index (χ0n) is 7.58. The fourth-order valence-electron chi connectivity index (χ4n) is 1.63. The van der Waals surface area contributed by atoms with Crippen molar-refractivity contribution in [3.05, 3.63) is 0 Å². The van der Waals surface area contributed by atoms with Crippen molar-refractivity contribution >= 4 is 0 Å². The van der Waals surface area contributed by atoms with E-state index in [2.05, 4.69) is 12.2 Å². The van der Waals surface area contributed by atoms with Crippen molar-refractivity contribution in [2.24, 2.45) is 0 Å². The van der Waals surface area contributed by atoms with E-state index in [1.54, 1.807) is 0 Å². The van der Waals surface area contributed by atoms with Crippen molar-refractivity contribution in [3.8, 4) is 0 Å². The standard InChI is InChI=1S/C9H17NO2/c1-7-2-3-8(12-7)6-11-9-4-10-5-9/h7-10H,2-6H2,1H3. The van der Waals surface area contributed by atoms with Crippen molar-refractivity contribution in [2.75, 3.05) is 19.7 Å². The predicted molar refractivity (Wildman–Crippen MR) is 46.2 cm³/mol. The van der Waals surface area contributed by atoms with Crippen LogP contribution in [0.2, 0.25) is 0 Å². The van der Waals surface area contributed by atoms with Gasteiger partial charge in [-0.3, -0.25) is 0 Å². The number of ether oxygens (including phenoxy) is 2. The third-order valence-corrected chi connectivity index (χ3v) is 2.58. The quantitative estimate of drug-likeness (QED) is 0.672. The Morgan fingerprint density at radius 2 is 2.25 bits per heavy atom. The van der Waals surface area contributed by atoms with Crippen LogP contribution in [-0.2, 0) is 9.47 Å². The van der Waals surface area contributed by atoms with Crippen LogP contribution in [0.3, 0.4) is 0 Å². The molecular weight excluding hydrogens is 154 g/mol. The van der Waals surface area contributed by atoms with E-state index in [4.69, 9.17) is 9.47 Å². The van der Waals surface area contributed by atoms with Crippen LogP contribution in [0.15, 0.2) is 0 Å². The lowest BCUT2D eigenvalue weighted by atomic mass is 10.2. The monoisotopic (exact) mass is 171 g/mol. The molecule has 2 aliphatic heterocycles. The normalized spacial score (nSPS) is 36.8. The van der Waals surface area contributed by atoms with E-state index in [1.807, 2.05) is 0 Å². The molecule has 0 aromatic rings. The second kappa shape index (κ2) is 3.73. The maximum atomic E-state index is 5.63. The van der Waals surface area contributed by atoms with Gasteiger partial charge in [0.2, 0.25) is 0 Å². The molecule has 0 radical (unpaired) electrons. The van der Waals surface area contributed by atoms with Crippen LogP contribution in [0.4, 0.5) is 0 Å². The first-order chi connectivity index (χ1) is 5.84. The zero-order chi connectivity index (χ0) is 8.39. The molecule has 1 N–H and O–H groups in total. The summed E-state index contributed by atoms with van der Waals surface area (Å²) in [6.07, 6.45) is 3.61. The Morgan fingerprint density at radius 1 is 1.42 bits per heavy atom. The first kappa shape index (κ1) is 8.48. The fraction of sp³-hybridized carbons (Fsp3) is 1.00. The summed E-state index contributed by atoms with van der Waals surface area (Å²) in [6, 6.07) is 0. The van der Waals surface area contributed by atoms with Crippen LogP contribution in [0.5, 0.6) is 0 Å². The molecule has 0 bridgehead atoms. The SMILES string of the molecule is CC1CCC(COC2CNC2)O1. The van der Waals surface area contributed by atoms with Crippen LogP contribution in [0, 0.1) is 0 Å². The summed E-state index contributed by atoms with van der Waals surface area (Å²) in [6.45, 7) is 4.95. The maximum absolute atomic E-state index is 5.63. The minimum absolute atomic E-state index is 0.362. The van der Waals surface area contributed by atoms with Crippen LogP contribution >= 0.6 is 0 Å². The van der Waals surface area contributed by atoms with E-state index in [0.29, 0.717) is 18.3 Å². The molecule has 2 aliphatic rings. The minimum atomic E-state index is 0.362. The van der Waals surface area contributed by atoms with Crippen molar-refractivity contribution in [1.29, 1.82) is 0 Å². The number of rotatable bonds is 3. The molecule has 0 saturated carbocycles. The summed E-state index contributed by atoms with van der Waals surface area (Å²) in [5.74, 6) is 0. The molecule has 0 amide bonds. The van der Waals surface area contributed by atoms with Gasteiger partial charge in [0.15, 0.2) is 0 Å². The van der Waals surface area contributed by atoms with Crippen LogP contribution in [0.25, 0.3) is 0 Å². The van der Waals surface area contributed by atoms with Gasteiger partial charge in [-0.15, -0.1) is 0 Å². The molecule has 2 fully saturated rings. The van der Waals surface area contributed by atoms with Crippen LogP contribution < -0.4 is 5.32 Å². The van der Waals surface area contributed by atoms with Crippen LogP contribution in [-0.4, -0.2) is 38.0 Å². The number of hydrogen-bond donors (Lipinski definition) is 1. The van der Waals surface area contributed by atoms with Crippen LogP contribution in [0.1, 0.15) is 19.8 Å². The van der Waals surface area contributed by atoms with Gasteiger partial charge in [-0.05, 0) is 19.8 Å². The molecule has 70 valence electrons. The first-order valence-corrected chi connectivity index (χ1v) is 4.82. The largest absolute Gasteiger partial charge is 0.373 e. The predicted octanol–water partition coefficient (Wildman–Crippen LogP) is 0.542. The Labute approximate surface area is 73.4 Å². The Hall–Kier alpha value is -0.120. The van der Waals surface area contributed by atoms with Gasteiger partial charge in [0.25, 0.3) is 0 Å². The molecule has 0 aromatic carbocycles. The lowest BCUT2D eigenvalue weighted by Crippen LogP contribution is -2.49. The summed E-state index contributed by atoms with van der Waals surface area (Å²) >= 11 is 0. The average Bonchev–Trinajstić information content (AvgIpc) is 2.32. The van der Waals surface area contributed by atoms with Gasteiger partial charge >= 0.3 is 0 Å². The molecule has 3 heteroatoms. The Bertz CT molecular complexity index is 147. The summed E-state index contributed by atoms with van der Waals surface area (Å²) in [5.41, 5.74) is 0. The molecule has 3 nitrogen and oxygen atoms in total. The molecular formula is C9H17NO2. The van der Waals surface area contributed by atoms with Crippen molar-refractivity contribution < 1.29 is 9.47 Å². The summed E-state index contributed by atoms with van der Waals surface area (Å²) in [7, 11) is 0. The highest BCUT2D eigenvalue weighted by atomic mass is 16.5. The summed E-state index contributed by atoms with van der Waals surface area (Å²) in [5, 5.41) is 3.18. The molecule has 2 saturated heterocycles. The van der Waals surface area contributed by atoms with Crippen molar-refractivity contribution in [1.82, 2.24) is 5.32 Å². The van der Waals surface area contributed by atoms with E-state index in [-0.39, 0.29) is 0 Å². The Balaban J connectivity index is 1.60. The second-order valence-corrected chi connectivity index (χ2v) is 3.76. The topological polar surface area (TPSA) is 30.5 Å².